The van der Waals surface area contributed by atoms with Gasteiger partial charge in [0.05, 0.1) is 17.5 Å². The molecule has 0 fully saturated rings. The Morgan fingerprint density at radius 3 is 2.47 bits per heavy atom. The van der Waals surface area contributed by atoms with E-state index in [1.807, 2.05) is 25.1 Å². The van der Waals surface area contributed by atoms with E-state index in [9.17, 15) is 14.7 Å². The monoisotopic (exact) mass is 472 g/mol. The molecule has 1 amide bonds. The number of aromatic nitrogens is 2. The van der Waals surface area contributed by atoms with Crippen LogP contribution in [0.5, 0.6) is 5.88 Å². The van der Waals surface area contributed by atoms with Crippen LogP contribution in [0.1, 0.15) is 19.4 Å². The van der Waals surface area contributed by atoms with Crippen LogP contribution in [-0.2, 0) is 4.79 Å². The molecule has 0 unspecified atom stereocenters. The third kappa shape index (κ3) is 5.63. The van der Waals surface area contributed by atoms with E-state index in [1.54, 1.807) is 24.3 Å². The first-order valence-electron chi connectivity index (χ1n) is 10.2. The molecule has 0 saturated carbocycles. The van der Waals surface area contributed by atoms with Gasteiger partial charge in [-0.05, 0) is 68.8 Å². The third-order valence-corrected chi connectivity index (χ3v) is 6.09. The molecule has 0 atom stereocenters. The van der Waals surface area contributed by atoms with Crippen LogP contribution in [0.4, 0.5) is 11.4 Å². The van der Waals surface area contributed by atoms with E-state index >= 15 is 0 Å². The molecule has 0 bridgehead atoms. The van der Waals surface area contributed by atoms with Gasteiger partial charge in [-0.15, -0.1) is 0 Å². The lowest BCUT2D eigenvalue weighted by atomic mass is 10.1. The fraction of sp³-hybridized carbons (Fsp3) is 0.261. The van der Waals surface area contributed by atoms with Gasteiger partial charge < -0.3 is 15.3 Å². The number of amides is 1. The predicted octanol–water partition coefficient (Wildman–Crippen LogP) is 4.48. The zero-order valence-electron chi connectivity index (χ0n) is 18.1. The number of nitrogens with one attached hydrogen (secondary N) is 1. The Bertz CT molecular complexity index is 1160. The zero-order valence-corrected chi connectivity index (χ0v) is 19.7. The van der Waals surface area contributed by atoms with Crippen molar-refractivity contribution in [2.45, 2.75) is 25.9 Å². The molecule has 0 spiro atoms. The number of nitrogens with zero attached hydrogens (tertiary/aromatic N) is 3. The zero-order chi connectivity index (χ0) is 23.3. The van der Waals surface area contributed by atoms with Crippen molar-refractivity contribution in [1.82, 2.24) is 9.55 Å². The second-order valence-corrected chi connectivity index (χ2v) is 8.43. The van der Waals surface area contributed by atoms with Crippen molar-refractivity contribution in [3.05, 3.63) is 69.5 Å². The van der Waals surface area contributed by atoms with Crippen LogP contribution < -0.4 is 15.8 Å². The fourth-order valence-electron chi connectivity index (χ4n) is 3.26. The molecule has 0 radical (unpaired) electrons. The van der Waals surface area contributed by atoms with Crippen LogP contribution in [-0.4, -0.2) is 39.4 Å². The molecule has 3 rings (SSSR count). The molecule has 9 heteroatoms. The first kappa shape index (κ1) is 23.7. The third-order valence-electron chi connectivity index (χ3n) is 4.90. The number of carbonyl (C=O) groups is 1. The number of carbonyl (C=O) groups excluding carboxylic acids is 1. The molecule has 2 aromatic carbocycles. The number of thioether (sulfide) groups is 1. The normalized spacial score (nSPS) is 10.8. The first-order chi connectivity index (χ1) is 15.3. The summed E-state index contributed by atoms with van der Waals surface area (Å²) in [5.41, 5.74) is 2.88. The van der Waals surface area contributed by atoms with Gasteiger partial charge in [-0.25, -0.2) is 0 Å². The number of aromatic hydroxyl groups is 1. The predicted molar refractivity (Wildman–Crippen MR) is 131 cm³/mol. The molecule has 0 aliphatic rings. The number of halogens is 1. The van der Waals surface area contributed by atoms with E-state index in [0.717, 1.165) is 47.9 Å². The molecule has 0 aliphatic carbocycles. The summed E-state index contributed by atoms with van der Waals surface area (Å²) in [5, 5.41) is 13.4. The van der Waals surface area contributed by atoms with E-state index in [-0.39, 0.29) is 16.8 Å². The Labute approximate surface area is 196 Å². The first-order valence-corrected chi connectivity index (χ1v) is 11.6. The second-order valence-electron chi connectivity index (χ2n) is 7.06. The summed E-state index contributed by atoms with van der Waals surface area (Å²) in [6.07, 6.45) is 0. The van der Waals surface area contributed by atoms with Crippen LogP contribution in [0.15, 0.2) is 58.5 Å². The molecule has 3 aromatic rings. The molecule has 2 N–H and O–H groups in total. The van der Waals surface area contributed by atoms with E-state index < -0.39 is 11.4 Å². The summed E-state index contributed by atoms with van der Waals surface area (Å²) in [4.78, 5) is 31.3. The molecular weight excluding hydrogens is 448 g/mol. The number of aryl methyl sites for hydroxylation is 1. The molecule has 32 heavy (non-hydrogen) atoms. The van der Waals surface area contributed by atoms with Gasteiger partial charge in [0.15, 0.2) is 5.16 Å². The highest BCUT2D eigenvalue weighted by Gasteiger charge is 2.14. The van der Waals surface area contributed by atoms with Gasteiger partial charge in [0.25, 0.3) is 5.56 Å². The average Bonchev–Trinajstić information content (AvgIpc) is 2.75. The molecule has 7 nitrogen and oxygen atoms in total. The summed E-state index contributed by atoms with van der Waals surface area (Å²) in [5.74, 6) is -0.624. The smallest absolute Gasteiger partial charge is 0.262 e. The Morgan fingerprint density at radius 2 is 1.84 bits per heavy atom. The molecule has 0 saturated heterocycles. The highest BCUT2D eigenvalue weighted by molar-refractivity contribution is 7.99. The Kier molecular flexibility index (Phi) is 7.82. The molecule has 1 aromatic heterocycles. The van der Waals surface area contributed by atoms with Gasteiger partial charge in [0, 0.05) is 29.5 Å². The molecule has 0 aliphatic heterocycles. The lowest BCUT2D eigenvalue weighted by molar-refractivity contribution is -0.113. The molecule has 168 valence electrons. The van der Waals surface area contributed by atoms with Crippen LogP contribution in [0.3, 0.4) is 0 Å². The minimum absolute atomic E-state index is 0.0146. The summed E-state index contributed by atoms with van der Waals surface area (Å²) in [6, 6.07) is 13.6. The van der Waals surface area contributed by atoms with Gasteiger partial charge in [-0.3, -0.25) is 14.2 Å². The lowest BCUT2D eigenvalue weighted by Crippen LogP contribution is -2.22. The maximum atomic E-state index is 12.6. The van der Waals surface area contributed by atoms with E-state index in [4.69, 9.17) is 11.6 Å². The van der Waals surface area contributed by atoms with Crippen LogP contribution in [0.25, 0.3) is 5.69 Å². The van der Waals surface area contributed by atoms with Crippen LogP contribution in [0.2, 0.25) is 5.02 Å². The van der Waals surface area contributed by atoms with E-state index in [1.165, 1.54) is 4.57 Å². The quantitative estimate of drug-likeness (QED) is 0.371. The standard InChI is InChI=1S/C23H25ClN4O3S/c1-4-27(5-2)18-10-11-19(15(3)12-18)25-21(30)14-32-23-26-20(29)13-22(31)28(23)17-8-6-16(24)7-9-17/h6-13,29H,4-5,14H2,1-3H3,(H,25,30). The van der Waals surface area contributed by atoms with Gasteiger partial charge in [-0.2, -0.15) is 4.98 Å². The highest BCUT2D eigenvalue weighted by Crippen LogP contribution is 2.24. The van der Waals surface area contributed by atoms with Crippen molar-refractivity contribution in [3.8, 4) is 11.6 Å². The number of benzene rings is 2. The summed E-state index contributed by atoms with van der Waals surface area (Å²) < 4.78 is 1.33. The van der Waals surface area contributed by atoms with Gasteiger partial charge in [0.2, 0.25) is 11.8 Å². The maximum absolute atomic E-state index is 12.6. The Hall–Kier alpha value is -2.97. The minimum Gasteiger partial charge on any atom is -0.493 e. The van der Waals surface area contributed by atoms with Crippen molar-refractivity contribution in [2.24, 2.45) is 0 Å². The summed E-state index contributed by atoms with van der Waals surface area (Å²) in [6.45, 7) is 7.97. The van der Waals surface area contributed by atoms with Gasteiger partial charge >= 0.3 is 0 Å². The highest BCUT2D eigenvalue weighted by atomic mass is 35.5. The minimum atomic E-state index is -0.453. The van der Waals surface area contributed by atoms with Crippen molar-refractivity contribution in [2.75, 3.05) is 29.1 Å². The number of hydrogen-bond acceptors (Lipinski definition) is 6. The van der Waals surface area contributed by atoms with Crippen molar-refractivity contribution >= 4 is 40.6 Å². The van der Waals surface area contributed by atoms with Crippen molar-refractivity contribution < 1.29 is 9.90 Å². The Balaban J connectivity index is 1.75. The SMILES string of the molecule is CCN(CC)c1ccc(NC(=O)CSc2nc(O)cc(=O)n2-c2ccc(Cl)cc2)c(C)c1. The van der Waals surface area contributed by atoms with Crippen LogP contribution >= 0.6 is 23.4 Å². The van der Waals surface area contributed by atoms with E-state index in [0.29, 0.717) is 10.7 Å². The largest absolute Gasteiger partial charge is 0.493 e. The topological polar surface area (TPSA) is 87.5 Å². The fourth-order valence-corrected chi connectivity index (χ4v) is 4.21. The summed E-state index contributed by atoms with van der Waals surface area (Å²) in [7, 11) is 0. The van der Waals surface area contributed by atoms with Crippen molar-refractivity contribution in [3.63, 3.8) is 0 Å². The average molecular weight is 473 g/mol. The number of hydrogen-bond donors (Lipinski definition) is 2. The number of anilines is 2. The summed E-state index contributed by atoms with van der Waals surface area (Å²) >= 11 is 7.00. The maximum Gasteiger partial charge on any atom is 0.262 e. The van der Waals surface area contributed by atoms with Gasteiger partial charge in [-0.1, -0.05) is 23.4 Å². The van der Waals surface area contributed by atoms with E-state index in [2.05, 4.69) is 29.0 Å². The number of rotatable bonds is 8. The van der Waals surface area contributed by atoms with Crippen LogP contribution in [0, 0.1) is 6.92 Å². The van der Waals surface area contributed by atoms with Crippen molar-refractivity contribution in [1.29, 1.82) is 0 Å². The Morgan fingerprint density at radius 1 is 1.16 bits per heavy atom. The second kappa shape index (κ2) is 10.6. The van der Waals surface area contributed by atoms with Gasteiger partial charge in [0.1, 0.15) is 0 Å². The molecule has 1 heterocycles. The molecular formula is C23H25ClN4O3S. The lowest BCUT2D eigenvalue weighted by Gasteiger charge is -2.22.